The molecule has 0 radical (unpaired) electrons. The maximum Gasteiger partial charge on any atom is 0.248 e. The van der Waals surface area contributed by atoms with Crippen LogP contribution in [0, 0.1) is 12.7 Å². The molecule has 0 aliphatic heterocycles. The average Bonchev–Trinajstić information content (AvgIpc) is 2.42. The minimum absolute atomic E-state index is 0.310. The Bertz CT molecular complexity index is 648. The van der Waals surface area contributed by atoms with Crippen molar-refractivity contribution in [2.24, 2.45) is 0 Å². The zero-order valence-electron chi connectivity index (χ0n) is 11.1. The third kappa shape index (κ3) is 3.68. The van der Waals surface area contributed by atoms with Crippen LogP contribution in [0.4, 0.5) is 15.8 Å². The van der Waals surface area contributed by atoms with Crippen molar-refractivity contribution < 1.29 is 9.18 Å². The molecule has 0 saturated heterocycles. The van der Waals surface area contributed by atoms with Gasteiger partial charge in [-0.1, -0.05) is 18.2 Å². The number of nitrogens with two attached hydrogens (primary N) is 1. The smallest absolute Gasteiger partial charge is 0.248 e. The van der Waals surface area contributed by atoms with Gasteiger partial charge in [-0.2, -0.15) is 0 Å². The lowest BCUT2D eigenvalue weighted by atomic mass is 10.2. The molecule has 0 saturated carbocycles. The van der Waals surface area contributed by atoms with Gasteiger partial charge >= 0.3 is 0 Å². The van der Waals surface area contributed by atoms with Crippen LogP contribution in [0.5, 0.6) is 0 Å². The van der Waals surface area contributed by atoms with Crippen LogP contribution in [0.15, 0.2) is 48.5 Å². The second-order valence-corrected chi connectivity index (χ2v) is 4.45. The van der Waals surface area contributed by atoms with Crippen LogP contribution in [0.25, 0.3) is 6.08 Å². The Labute approximate surface area is 116 Å². The van der Waals surface area contributed by atoms with Gasteiger partial charge in [0.05, 0.1) is 0 Å². The number of nitrogen functional groups attached to an aromatic ring is 1. The number of hydrogen-bond acceptors (Lipinski definition) is 2. The van der Waals surface area contributed by atoms with Gasteiger partial charge in [-0.25, -0.2) is 4.39 Å². The van der Waals surface area contributed by atoms with E-state index in [1.54, 1.807) is 31.2 Å². The molecule has 0 aliphatic rings. The Balaban J connectivity index is 2.05. The van der Waals surface area contributed by atoms with Crippen LogP contribution in [-0.2, 0) is 4.79 Å². The number of hydrogen-bond donors (Lipinski definition) is 2. The molecule has 3 nitrogen and oxygen atoms in total. The number of carbonyl (C=O) groups excluding carboxylic acids is 1. The summed E-state index contributed by atoms with van der Waals surface area (Å²) in [5.41, 5.74) is 8.39. The third-order valence-corrected chi connectivity index (χ3v) is 2.82. The number of anilines is 2. The molecule has 20 heavy (non-hydrogen) atoms. The van der Waals surface area contributed by atoms with E-state index in [1.165, 1.54) is 18.2 Å². The molecular formula is C16H15FN2O. The van der Waals surface area contributed by atoms with E-state index in [0.29, 0.717) is 11.4 Å². The molecule has 0 aromatic heterocycles. The van der Waals surface area contributed by atoms with Crippen LogP contribution in [0.1, 0.15) is 11.1 Å². The second kappa shape index (κ2) is 6.02. The number of aryl methyl sites for hydroxylation is 1. The fraction of sp³-hybridized carbons (Fsp3) is 0.0625. The van der Waals surface area contributed by atoms with Gasteiger partial charge in [-0.05, 0) is 48.4 Å². The monoisotopic (exact) mass is 270 g/mol. The molecule has 2 aromatic carbocycles. The Morgan fingerprint density at radius 1 is 1.20 bits per heavy atom. The summed E-state index contributed by atoms with van der Waals surface area (Å²) in [7, 11) is 0. The van der Waals surface area contributed by atoms with Crippen molar-refractivity contribution in [3.63, 3.8) is 0 Å². The van der Waals surface area contributed by atoms with Gasteiger partial charge in [0.1, 0.15) is 5.82 Å². The fourth-order valence-corrected chi connectivity index (χ4v) is 1.68. The van der Waals surface area contributed by atoms with Crippen molar-refractivity contribution >= 4 is 23.4 Å². The number of carbonyl (C=O) groups is 1. The summed E-state index contributed by atoms with van der Waals surface area (Å²) < 4.78 is 13.1. The highest BCUT2D eigenvalue weighted by atomic mass is 19.1. The van der Waals surface area contributed by atoms with E-state index in [-0.39, 0.29) is 11.7 Å². The Hall–Kier alpha value is -2.62. The largest absolute Gasteiger partial charge is 0.399 e. The van der Waals surface area contributed by atoms with Crippen molar-refractivity contribution in [3.8, 4) is 0 Å². The predicted molar refractivity (Wildman–Crippen MR) is 79.7 cm³/mol. The first-order valence-electron chi connectivity index (χ1n) is 6.15. The van der Waals surface area contributed by atoms with Crippen LogP contribution < -0.4 is 11.1 Å². The van der Waals surface area contributed by atoms with Crippen molar-refractivity contribution in [1.29, 1.82) is 0 Å². The first-order chi connectivity index (χ1) is 9.54. The molecule has 0 spiro atoms. The molecule has 0 unspecified atom stereocenters. The van der Waals surface area contributed by atoms with E-state index in [4.69, 9.17) is 5.73 Å². The summed E-state index contributed by atoms with van der Waals surface area (Å²) in [5.74, 6) is -0.691. The van der Waals surface area contributed by atoms with E-state index in [0.717, 1.165) is 11.1 Å². The summed E-state index contributed by atoms with van der Waals surface area (Å²) in [6.07, 6.45) is 3.07. The minimum atomic E-state index is -0.381. The number of halogens is 1. The first kappa shape index (κ1) is 13.8. The Morgan fingerprint density at radius 2 is 1.90 bits per heavy atom. The Kier molecular flexibility index (Phi) is 4.15. The van der Waals surface area contributed by atoms with Crippen molar-refractivity contribution in [2.75, 3.05) is 11.1 Å². The molecule has 0 atom stereocenters. The maximum absolute atomic E-state index is 13.1. The summed E-state index contributed by atoms with van der Waals surface area (Å²) >= 11 is 0. The van der Waals surface area contributed by atoms with Crippen molar-refractivity contribution in [2.45, 2.75) is 6.92 Å². The standard InChI is InChI=1S/C16H15FN2O/c1-11-2-6-13(17)10-15(11)19-16(20)9-5-12-3-7-14(18)8-4-12/h2-10H,18H2,1H3,(H,19,20)/b9-5+. The van der Waals surface area contributed by atoms with Gasteiger partial charge in [0.15, 0.2) is 0 Å². The Morgan fingerprint density at radius 3 is 2.60 bits per heavy atom. The van der Waals surface area contributed by atoms with Crippen LogP contribution in [0.2, 0.25) is 0 Å². The lowest BCUT2D eigenvalue weighted by Gasteiger charge is -2.06. The molecule has 0 heterocycles. The summed E-state index contributed by atoms with van der Waals surface area (Å²) in [5, 5.41) is 2.64. The topological polar surface area (TPSA) is 55.1 Å². The van der Waals surface area contributed by atoms with Gasteiger partial charge in [0, 0.05) is 17.5 Å². The van der Waals surface area contributed by atoms with Crippen LogP contribution in [-0.4, -0.2) is 5.91 Å². The molecule has 4 heteroatoms. The van der Waals surface area contributed by atoms with E-state index < -0.39 is 0 Å². The molecule has 2 rings (SSSR count). The lowest BCUT2D eigenvalue weighted by molar-refractivity contribution is -0.111. The maximum atomic E-state index is 13.1. The highest BCUT2D eigenvalue weighted by molar-refractivity contribution is 6.02. The molecule has 0 bridgehead atoms. The summed E-state index contributed by atoms with van der Waals surface area (Å²) in [6.45, 7) is 1.80. The van der Waals surface area contributed by atoms with Crippen molar-refractivity contribution in [3.05, 3.63) is 65.5 Å². The van der Waals surface area contributed by atoms with E-state index in [9.17, 15) is 9.18 Å². The quantitative estimate of drug-likeness (QED) is 0.663. The number of amides is 1. The molecular weight excluding hydrogens is 255 g/mol. The zero-order chi connectivity index (χ0) is 14.5. The van der Waals surface area contributed by atoms with Crippen LogP contribution >= 0.6 is 0 Å². The number of rotatable bonds is 3. The normalized spacial score (nSPS) is 10.7. The van der Waals surface area contributed by atoms with Gasteiger partial charge in [-0.15, -0.1) is 0 Å². The average molecular weight is 270 g/mol. The molecule has 0 aliphatic carbocycles. The minimum Gasteiger partial charge on any atom is -0.399 e. The predicted octanol–water partition coefficient (Wildman–Crippen LogP) is 3.37. The van der Waals surface area contributed by atoms with E-state index in [2.05, 4.69) is 5.32 Å². The molecule has 2 aromatic rings. The summed E-state index contributed by atoms with van der Waals surface area (Å²) in [6, 6.07) is 11.4. The van der Waals surface area contributed by atoms with Gasteiger partial charge < -0.3 is 11.1 Å². The molecule has 102 valence electrons. The first-order valence-corrected chi connectivity index (χ1v) is 6.15. The van der Waals surface area contributed by atoms with Gasteiger partial charge in [0.25, 0.3) is 0 Å². The lowest BCUT2D eigenvalue weighted by Crippen LogP contribution is -2.09. The number of nitrogens with one attached hydrogen (secondary N) is 1. The fourth-order valence-electron chi connectivity index (χ4n) is 1.68. The SMILES string of the molecule is Cc1ccc(F)cc1NC(=O)/C=C/c1ccc(N)cc1. The second-order valence-electron chi connectivity index (χ2n) is 4.45. The summed E-state index contributed by atoms with van der Waals surface area (Å²) in [4.78, 5) is 11.8. The molecule has 3 N–H and O–H groups in total. The molecule has 0 fully saturated rings. The van der Waals surface area contributed by atoms with Crippen LogP contribution in [0.3, 0.4) is 0 Å². The third-order valence-electron chi connectivity index (χ3n) is 2.82. The van der Waals surface area contributed by atoms with E-state index >= 15 is 0 Å². The van der Waals surface area contributed by atoms with Gasteiger partial charge in [0.2, 0.25) is 5.91 Å². The van der Waals surface area contributed by atoms with Crippen molar-refractivity contribution in [1.82, 2.24) is 0 Å². The highest BCUT2D eigenvalue weighted by Crippen LogP contribution is 2.16. The highest BCUT2D eigenvalue weighted by Gasteiger charge is 2.03. The number of benzene rings is 2. The van der Waals surface area contributed by atoms with E-state index in [1.807, 2.05) is 12.1 Å². The van der Waals surface area contributed by atoms with Gasteiger partial charge in [-0.3, -0.25) is 4.79 Å². The zero-order valence-corrected chi connectivity index (χ0v) is 11.1. The molecule has 1 amide bonds.